The van der Waals surface area contributed by atoms with E-state index in [0.29, 0.717) is 4.83 Å². The number of halogens is 1. The summed E-state index contributed by atoms with van der Waals surface area (Å²) in [4.78, 5) is 5.64. The third-order valence-corrected chi connectivity index (χ3v) is 4.12. The summed E-state index contributed by atoms with van der Waals surface area (Å²) in [5, 5.41) is 0. The minimum Gasteiger partial charge on any atom is -0.383 e. The fourth-order valence-corrected chi connectivity index (χ4v) is 3.40. The Morgan fingerprint density at radius 1 is 1.44 bits per heavy atom. The highest BCUT2D eigenvalue weighted by Crippen LogP contribution is 2.18. The summed E-state index contributed by atoms with van der Waals surface area (Å²) in [5.41, 5.74) is 0. The molecule has 1 rings (SSSR count). The number of aryl methyl sites for hydroxylation is 1. The standard InChI is InChI=1S/C12H20BrNOS/c1-4-11-5-6-12(16-11)8-14(2)7-10(13)9-15-3/h5-6,10H,4,7-9H2,1-3H3. The van der Waals surface area contributed by atoms with Crippen molar-refractivity contribution in [2.75, 3.05) is 27.3 Å². The lowest BCUT2D eigenvalue weighted by Crippen LogP contribution is -2.27. The average Bonchev–Trinajstić information content (AvgIpc) is 2.65. The highest BCUT2D eigenvalue weighted by molar-refractivity contribution is 9.09. The molecule has 1 unspecified atom stereocenters. The molecule has 0 aromatic carbocycles. The van der Waals surface area contributed by atoms with Crippen molar-refractivity contribution in [3.63, 3.8) is 0 Å². The molecule has 1 atom stereocenters. The topological polar surface area (TPSA) is 12.5 Å². The second kappa shape index (κ2) is 7.43. The number of hydrogen-bond donors (Lipinski definition) is 0. The number of hydrogen-bond acceptors (Lipinski definition) is 3. The van der Waals surface area contributed by atoms with E-state index in [4.69, 9.17) is 4.74 Å². The first-order valence-corrected chi connectivity index (χ1v) is 7.28. The lowest BCUT2D eigenvalue weighted by molar-refractivity contribution is 0.185. The lowest BCUT2D eigenvalue weighted by atomic mass is 10.3. The van der Waals surface area contributed by atoms with Crippen molar-refractivity contribution in [1.29, 1.82) is 0 Å². The molecule has 0 spiro atoms. The molecule has 0 saturated heterocycles. The van der Waals surface area contributed by atoms with Crippen molar-refractivity contribution < 1.29 is 4.74 Å². The Hall–Kier alpha value is 0.1000. The summed E-state index contributed by atoms with van der Waals surface area (Å²) in [6.07, 6.45) is 1.14. The van der Waals surface area contributed by atoms with Crippen LogP contribution >= 0.6 is 27.3 Å². The van der Waals surface area contributed by atoms with Gasteiger partial charge in [0.05, 0.1) is 11.4 Å². The molecular weight excluding hydrogens is 286 g/mol. The summed E-state index contributed by atoms with van der Waals surface area (Å²) >= 11 is 5.52. The smallest absolute Gasteiger partial charge is 0.0600 e. The second-order valence-corrected chi connectivity index (χ2v) is 6.52. The van der Waals surface area contributed by atoms with Crippen molar-refractivity contribution in [3.8, 4) is 0 Å². The van der Waals surface area contributed by atoms with E-state index in [0.717, 1.165) is 26.1 Å². The Morgan fingerprint density at radius 2 is 2.12 bits per heavy atom. The van der Waals surface area contributed by atoms with E-state index < -0.39 is 0 Å². The number of ether oxygens (including phenoxy) is 1. The summed E-state index contributed by atoms with van der Waals surface area (Å²) in [5.74, 6) is 0. The molecule has 1 aromatic rings. The third kappa shape index (κ3) is 4.95. The Balaban J connectivity index is 2.35. The van der Waals surface area contributed by atoms with E-state index in [1.54, 1.807) is 7.11 Å². The van der Waals surface area contributed by atoms with E-state index in [1.807, 2.05) is 11.3 Å². The summed E-state index contributed by atoms with van der Waals surface area (Å²) in [6.45, 7) is 4.99. The van der Waals surface area contributed by atoms with Crippen molar-refractivity contribution in [1.82, 2.24) is 4.90 Å². The highest BCUT2D eigenvalue weighted by Gasteiger charge is 2.09. The maximum Gasteiger partial charge on any atom is 0.0600 e. The zero-order valence-electron chi connectivity index (χ0n) is 10.2. The molecule has 1 aromatic heterocycles. The van der Waals surface area contributed by atoms with Crippen LogP contribution in [0.4, 0.5) is 0 Å². The van der Waals surface area contributed by atoms with Gasteiger partial charge in [0.25, 0.3) is 0 Å². The normalized spacial score (nSPS) is 13.3. The quantitative estimate of drug-likeness (QED) is 0.718. The molecule has 0 aliphatic heterocycles. The lowest BCUT2D eigenvalue weighted by Gasteiger charge is -2.18. The van der Waals surface area contributed by atoms with E-state index in [1.165, 1.54) is 9.75 Å². The number of methoxy groups -OCH3 is 1. The first-order chi connectivity index (χ1) is 7.65. The Bertz CT molecular complexity index is 303. The second-order valence-electron chi connectivity index (χ2n) is 3.97. The van der Waals surface area contributed by atoms with Crippen molar-refractivity contribution >= 4 is 27.3 Å². The number of thiophene rings is 1. The van der Waals surface area contributed by atoms with E-state index in [2.05, 4.69) is 46.9 Å². The molecule has 0 saturated carbocycles. The van der Waals surface area contributed by atoms with E-state index in [-0.39, 0.29) is 0 Å². The molecule has 92 valence electrons. The predicted molar refractivity (Wildman–Crippen MR) is 74.6 cm³/mol. The fraction of sp³-hybridized carbons (Fsp3) is 0.667. The van der Waals surface area contributed by atoms with Crippen LogP contribution < -0.4 is 0 Å². The van der Waals surface area contributed by atoms with E-state index in [9.17, 15) is 0 Å². The predicted octanol–water partition coefficient (Wildman–Crippen LogP) is 3.15. The van der Waals surface area contributed by atoms with Gasteiger partial charge >= 0.3 is 0 Å². The van der Waals surface area contributed by atoms with Crippen LogP contribution in [0, 0.1) is 0 Å². The summed E-state index contributed by atoms with van der Waals surface area (Å²) in [6, 6.07) is 4.47. The SMILES string of the molecule is CCc1ccc(CN(C)CC(Br)COC)s1. The van der Waals surface area contributed by atoms with Gasteiger partial charge in [-0.1, -0.05) is 22.9 Å². The molecule has 0 bridgehead atoms. The molecule has 1 heterocycles. The van der Waals surface area contributed by atoms with Crippen LogP contribution in [-0.2, 0) is 17.7 Å². The van der Waals surface area contributed by atoms with Crippen molar-refractivity contribution in [2.24, 2.45) is 0 Å². The summed E-state index contributed by atoms with van der Waals surface area (Å²) in [7, 11) is 3.89. The van der Waals surface area contributed by atoms with Crippen LogP contribution in [0.3, 0.4) is 0 Å². The van der Waals surface area contributed by atoms with Crippen molar-refractivity contribution in [3.05, 3.63) is 21.9 Å². The van der Waals surface area contributed by atoms with Crippen LogP contribution in [0.5, 0.6) is 0 Å². The maximum absolute atomic E-state index is 5.11. The van der Waals surface area contributed by atoms with Gasteiger partial charge in [-0.3, -0.25) is 0 Å². The average molecular weight is 306 g/mol. The number of alkyl halides is 1. The fourth-order valence-electron chi connectivity index (χ4n) is 1.60. The maximum atomic E-state index is 5.11. The largest absolute Gasteiger partial charge is 0.383 e. The summed E-state index contributed by atoms with van der Waals surface area (Å²) < 4.78 is 5.11. The monoisotopic (exact) mass is 305 g/mol. The minimum absolute atomic E-state index is 0.410. The molecule has 0 amide bonds. The highest BCUT2D eigenvalue weighted by atomic mass is 79.9. The van der Waals surface area contributed by atoms with Crippen LogP contribution in [0.1, 0.15) is 16.7 Å². The molecular formula is C12H20BrNOS. The molecule has 0 fully saturated rings. The zero-order chi connectivity index (χ0) is 12.0. The first kappa shape index (κ1) is 14.2. The van der Waals surface area contributed by atoms with Crippen LogP contribution in [0.2, 0.25) is 0 Å². The van der Waals surface area contributed by atoms with Gasteiger partial charge in [-0.2, -0.15) is 0 Å². The molecule has 2 nitrogen and oxygen atoms in total. The third-order valence-electron chi connectivity index (χ3n) is 2.35. The Morgan fingerprint density at radius 3 is 2.69 bits per heavy atom. The van der Waals surface area contributed by atoms with Gasteiger partial charge < -0.3 is 9.64 Å². The van der Waals surface area contributed by atoms with Gasteiger partial charge in [0, 0.05) is 30.0 Å². The number of nitrogens with zero attached hydrogens (tertiary/aromatic N) is 1. The van der Waals surface area contributed by atoms with Gasteiger partial charge in [-0.15, -0.1) is 11.3 Å². The minimum atomic E-state index is 0.410. The van der Waals surface area contributed by atoms with Gasteiger partial charge in [-0.05, 0) is 25.6 Å². The van der Waals surface area contributed by atoms with E-state index >= 15 is 0 Å². The molecule has 0 aliphatic rings. The zero-order valence-corrected chi connectivity index (χ0v) is 12.6. The Kier molecular flexibility index (Phi) is 6.58. The molecule has 16 heavy (non-hydrogen) atoms. The van der Waals surface area contributed by atoms with Gasteiger partial charge in [-0.25, -0.2) is 0 Å². The van der Waals surface area contributed by atoms with Crippen LogP contribution in [-0.4, -0.2) is 37.0 Å². The Labute approximate surface area is 111 Å². The molecule has 4 heteroatoms. The van der Waals surface area contributed by atoms with Crippen molar-refractivity contribution in [2.45, 2.75) is 24.7 Å². The van der Waals surface area contributed by atoms with Gasteiger partial charge in [0.2, 0.25) is 0 Å². The molecule has 0 aliphatic carbocycles. The van der Waals surface area contributed by atoms with Gasteiger partial charge in [0.15, 0.2) is 0 Å². The first-order valence-electron chi connectivity index (χ1n) is 5.54. The van der Waals surface area contributed by atoms with Gasteiger partial charge in [0.1, 0.15) is 0 Å². The molecule has 0 N–H and O–H groups in total. The number of rotatable bonds is 7. The van der Waals surface area contributed by atoms with Crippen LogP contribution in [0.25, 0.3) is 0 Å². The van der Waals surface area contributed by atoms with Crippen LogP contribution in [0.15, 0.2) is 12.1 Å². The molecule has 0 radical (unpaired) electrons.